The molecule has 0 spiro atoms. The monoisotopic (exact) mass is 162 g/mol. The zero-order valence-electron chi connectivity index (χ0n) is 6.91. The molecule has 62 valence electrons. The van der Waals surface area contributed by atoms with Crippen LogP contribution in [0.1, 0.15) is 6.92 Å². The highest BCUT2D eigenvalue weighted by Crippen LogP contribution is 2.11. The smallest absolute Gasteiger partial charge is 0.194 e. The van der Waals surface area contributed by atoms with Gasteiger partial charge in [0.15, 0.2) is 11.5 Å². The molecule has 0 aliphatic heterocycles. The highest BCUT2D eigenvalue weighted by Gasteiger charge is 2.01. The SMILES string of the molecule is C=C(Oc1ccccc1)C(C)=O. The minimum atomic E-state index is -0.154. The largest absolute Gasteiger partial charge is 0.454 e. The third kappa shape index (κ3) is 2.23. The van der Waals surface area contributed by atoms with Gasteiger partial charge in [-0.25, -0.2) is 0 Å². The van der Waals surface area contributed by atoms with Crippen LogP contribution in [0.25, 0.3) is 0 Å². The molecule has 0 aliphatic carbocycles. The number of Topliss-reactive ketones (excluding diaryl/α,β-unsaturated/α-hetero) is 1. The average molecular weight is 162 g/mol. The second-order valence-corrected chi connectivity index (χ2v) is 2.39. The van der Waals surface area contributed by atoms with E-state index < -0.39 is 0 Å². The maximum Gasteiger partial charge on any atom is 0.194 e. The maximum atomic E-state index is 10.7. The Balaban J connectivity index is 2.65. The first-order valence-corrected chi connectivity index (χ1v) is 3.63. The van der Waals surface area contributed by atoms with Gasteiger partial charge in [-0.1, -0.05) is 24.8 Å². The van der Waals surface area contributed by atoms with Gasteiger partial charge in [0.05, 0.1) is 0 Å². The first-order chi connectivity index (χ1) is 5.70. The second-order valence-electron chi connectivity index (χ2n) is 2.39. The molecule has 0 bridgehead atoms. The van der Waals surface area contributed by atoms with E-state index in [9.17, 15) is 4.79 Å². The highest BCUT2D eigenvalue weighted by molar-refractivity contribution is 5.90. The Morgan fingerprint density at radius 1 is 1.33 bits per heavy atom. The summed E-state index contributed by atoms with van der Waals surface area (Å²) in [4.78, 5) is 10.7. The molecule has 12 heavy (non-hydrogen) atoms. The Bertz CT molecular complexity index is 288. The molecule has 0 atom stereocenters. The summed E-state index contributed by atoms with van der Waals surface area (Å²) in [6, 6.07) is 9.09. The summed E-state index contributed by atoms with van der Waals surface area (Å²) in [7, 11) is 0. The number of hydrogen-bond acceptors (Lipinski definition) is 2. The van der Waals surface area contributed by atoms with Crippen molar-refractivity contribution in [2.45, 2.75) is 6.92 Å². The van der Waals surface area contributed by atoms with Crippen molar-refractivity contribution in [3.8, 4) is 5.75 Å². The number of carbonyl (C=O) groups excluding carboxylic acids is 1. The molecule has 1 rings (SSSR count). The fraction of sp³-hybridized carbons (Fsp3) is 0.100. The van der Waals surface area contributed by atoms with Crippen LogP contribution in [0.4, 0.5) is 0 Å². The zero-order valence-corrected chi connectivity index (χ0v) is 6.91. The molecule has 1 aromatic rings. The van der Waals surface area contributed by atoms with E-state index >= 15 is 0 Å². The van der Waals surface area contributed by atoms with Crippen molar-refractivity contribution in [1.82, 2.24) is 0 Å². The number of ether oxygens (including phenoxy) is 1. The number of benzene rings is 1. The van der Waals surface area contributed by atoms with Crippen LogP contribution in [-0.4, -0.2) is 5.78 Å². The predicted molar refractivity (Wildman–Crippen MR) is 46.9 cm³/mol. The molecule has 1 aromatic carbocycles. The molecule has 0 fully saturated rings. The van der Waals surface area contributed by atoms with Gasteiger partial charge < -0.3 is 4.74 Å². The summed E-state index contributed by atoms with van der Waals surface area (Å²) >= 11 is 0. The molecule has 0 saturated heterocycles. The van der Waals surface area contributed by atoms with E-state index in [0.717, 1.165) is 0 Å². The quantitative estimate of drug-likeness (QED) is 0.503. The van der Waals surface area contributed by atoms with Gasteiger partial charge in [-0.15, -0.1) is 0 Å². The lowest BCUT2D eigenvalue weighted by molar-refractivity contribution is -0.115. The number of carbonyl (C=O) groups is 1. The topological polar surface area (TPSA) is 26.3 Å². The van der Waals surface area contributed by atoms with Crippen LogP contribution in [-0.2, 0) is 4.79 Å². The Labute approximate surface area is 71.5 Å². The van der Waals surface area contributed by atoms with Crippen molar-refractivity contribution in [2.24, 2.45) is 0 Å². The van der Waals surface area contributed by atoms with Gasteiger partial charge >= 0.3 is 0 Å². The van der Waals surface area contributed by atoms with Crippen molar-refractivity contribution in [3.63, 3.8) is 0 Å². The molecule has 0 aliphatic rings. The van der Waals surface area contributed by atoms with Crippen LogP contribution in [0.2, 0.25) is 0 Å². The molecule has 0 heterocycles. The molecule has 2 nitrogen and oxygen atoms in total. The number of hydrogen-bond donors (Lipinski definition) is 0. The molecule has 0 saturated carbocycles. The first-order valence-electron chi connectivity index (χ1n) is 3.63. The maximum absolute atomic E-state index is 10.7. The van der Waals surface area contributed by atoms with E-state index in [1.165, 1.54) is 6.92 Å². The van der Waals surface area contributed by atoms with Gasteiger partial charge in [0.25, 0.3) is 0 Å². The lowest BCUT2D eigenvalue weighted by Crippen LogP contribution is -2.02. The number of rotatable bonds is 3. The number of allylic oxidation sites excluding steroid dienone is 1. The third-order valence-corrected chi connectivity index (χ3v) is 1.38. The Morgan fingerprint density at radius 2 is 1.92 bits per heavy atom. The molecule has 0 radical (unpaired) electrons. The van der Waals surface area contributed by atoms with Crippen molar-refractivity contribution in [3.05, 3.63) is 42.7 Å². The molecule has 0 N–H and O–H groups in total. The van der Waals surface area contributed by atoms with E-state index in [1.54, 1.807) is 12.1 Å². The van der Waals surface area contributed by atoms with Crippen LogP contribution < -0.4 is 4.74 Å². The minimum Gasteiger partial charge on any atom is -0.454 e. The van der Waals surface area contributed by atoms with Crippen LogP contribution in [0.5, 0.6) is 5.75 Å². The lowest BCUT2D eigenvalue weighted by Gasteiger charge is -2.03. The summed E-state index contributed by atoms with van der Waals surface area (Å²) in [5.74, 6) is 0.651. The van der Waals surface area contributed by atoms with Crippen molar-refractivity contribution < 1.29 is 9.53 Å². The Morgan fingerprint density at radius 3 is 2.42 bits per heavy atom. The van der Waals surface area contributed by atoms with E-state index in [4.69, 9.17) is 4.74 Å². The van der Waals surface area contributed by atoms with Crippen molar-refractivity contribution in [2.75, 3.05) is 0 Å². The van der Waals surface area contributed by atoms with E-state index in [1.807, 2.05) is 18.2 Å². The molecular formula is C10H10O2. The molecule has 0 aromatic heterocycles. The van der Waals surface area contributed by atoms with Gasteiger partial charge in [-0.3, -0.25) is 4.79 Å². The summed E-state index contributed by atoms with van der Waals surface area (Å²) in [5, 5.41) is 0. The molecule has 0 unspecified atom stereocenters. The van der Waals surface area contributed by atoms with Crippen LogP contribution in [0, 0.1) is 0 Å². The fourth-order valence-electron chi connectivity index (χ4n) is 0.703. The second kappa shape index (κ2) is 3.72. The molecule has 0 amide bonds. The zero-order chi connectivity index (χ0) is 8.97. The van der Waals surface area contributed by atoms with Gasteiger partial charge in [-0.2, -0.15) is 0 Å². The standard InChI is InChI=1S/C10H10O2/c1-8(11)9(2)12-10-6-4-3-5-7-10/h3-7H,2H2,1H3. The predicted octanol–water partition coefficient (Wildman–Crippen LogP) is 2.17. The summed E-state index contributed by atoms with van der Waals surface area (Å²) in [6.07, 6.45) is 0. The summed E-state index contributed by atoms with van der Waals surface area (Å²) in [5.41, 5.74) is 0. The van der Waals surface area contributed by atoms with E-state index in [-0.39, 0.29) is 11.5 Å². The van der Waals surface area contributed by atoms with Gasteiger partial charge in [0.2, 0.25) is 0 Å². The number of para-hydroxylation sites is 1. The normalized spacial score (nSPS) is 9.08. The fourth-order valence-corrected chi connectivity index (χ4v) is 0.703. The van der Waals surface area contributed by atoms with Gasteiger partial charge in [0, 0.05) is 6.92 Å². The summed E-state index contributed by atoms with van der Waals surface area (Å²) < 4.78 is 5.13. The molecule has 2 heteroatoms. The minimum absolute atomic E-state index is 0.154. The molecular weight excluding hydrogens is 152 g/mol. The van der Waals surface area contributed by atoms with Gasteiger partial charge in [-0.05, 0) is 12.1 Å². The summed E-state index contributed by atoms with van der Waals surface area (Å²) in [6.45, 7) is 4.90. The average Bonchev–Trinajstić information content (AvgIpc) is 2.06. The van der Waals surface area contributed by atoms with Crippen molar-refractivity contribution >= 4 is 5.78 Å². The Kier molecular flexibility index (Phi) is 2.64. The highest BCUT2D eigenvalue weighted by atomic mass is 16.5. The van der Waals surface area contributed by atoms with Crippen LogP contribution in [0.3, 0.4) is 0 Å². The van der Waals surface area contributed by atoms with E-state index in [0.29, 0.717) is 5.75 Å². The van der Waals surface area contributed by atoms with Crippen LogP contribution >= 0.6 is 0 Å². The Hall–Kier alpha value is -1.57. The van der Waals surface area contributed by atoms with Crippen molar-refractivity contribution in [1.29, 1.82) is 0 Å². The van der Waals surface area contributed by atoms with E-state index in [2.05, 4.69) is 6.58 Å². The third-order valence-electron chi connectivity index (χ3n) is 1.38. The first kappa shape index (κ1) is 8.53. The van der Waals surface area contributed by atoms with Gasteiger partial charge in [0.1, 0.15) is 5.75 Å². The number of ketones is 1. The lowest BCUT2D eigenvalue weighted by atomic mass is 10.3. The van der Waals surface area contributed by atoms with Crippen LogP contribution in [0.15, 0.2) is 42.7 Å².